The maximum Gasteiger partial charge on any atom is 0.270 e. The first-order valence-corrected chi connectivity index (χ1v) is 10.2. The summed E-state index contributed by atoms with van der Waals surface area (Å²) in [6, 6.07) is 4.92. The molecule has 1 saturated carbocycles. The first-order valence-electron chi connectivity index (χ1n) is 10.2. The largest absolute Gasteiger partial charge is 0.354 e. The second-order valence-electron chi connectivity index (χ2n) is 8.58. The van der Waals surface area contributed by atoms with Crippen molar-refractivity contribution in [3.05, 3.63) is 39.9 Å². The summed E-state index contributed by atoms with van der Waals surface area (Å²) in [7, 11) is 0. The van der Waals surface area contributed by atoms with Crippen LogP contribution in [0, 0.1) is 22.0 Å². The van der Waals surface area contributed by atoms with E-state index in [-0.39, 0.29) is 29.7 Å². The number of rotatable bonds is 5. The normalized spacial score (nSPS) is 26.7. The quantitative estimate of drug-likeness (QED) is 0.601. The minimum absolute atomic E-state index is 0.138. The summed E-state index contributed by atoms with van der Waals surface area (Å²) in [6.45, 7) is 6.82. The maximum atomic E-state index is 13.5. The number of benzene rings is 1. The summed E-state index contributed by atoms with van der Waals surface area (Å²) in [4.78, 5) is 38.5. The van der Waals surface area contributed by atoms with Crippen molar-refractivity contribution >= 4 is 17.5 Å². The predicted molar refractivity (Wildman–Crippen MR) is 107 cm³/mol. The lowest BCUT2D eigenvalue weighted by molar-refractivity contribution is -0.384. The van der Waals surface area contributed by atoms with E-state index in [1.807, 2.05) is 13.8 Å². The number of carbonyl (C=O) groups excluding carboxylic acids is 2. The van der Waals surface area contributed by atoms with Crippen LogP contribution in [-0.2, 0) is 9.53 Å². The third kappa shape index (κ3) is 4.42. The molecule has 1 aromatic rings. The van der Waals surface area contributed by atoms with Gasteiger partial charge in [-0.1, -0.05) is 26.8 Å². The molecule has 1 saturated heterocycles. The second kappa shape index (κ2) is 8.49. The number of nitro benzene ring substituents is 1. The number of nitrogens with one attached hydrogen (secondary N) is 1. The molecule has 1 aliphatic heterocycles. The van der Waals surface area contributed by atoms with Crippen molar-refractivity contribution in [1.82, 2.24) is 10.2 Å². The van der Waals surface area contributed by atoms with Gasteiger partial charge in [0, 0.05) is 24.2 Å². The van der Waals surface area contributed by atoms with E-state index in [0.29, 0.717) is 25.3 Å². The second-order valence-corrected chi connectivity index (χ2v) is 8.58. The van der Waals surface area contributed by atoms with Crippen molar-refractivity contribution in [2.75, 3.05) is 13.2 Å². The fourth-order valence-corrected chi connectivity index (χ4v) is 4.09. The van der Waals surface area contributed by atoms with Gasteiger partial charge in [0.25, 0.3) is 11.6 Å². The van der Waals surface area contributed by atoms with Crippen LogP contribution in [0.2, 0.25) is 0 Å². The van der Waals surface area contributed by atoms with Crippen molar-refractivity contribution in [2.24, 2.45) is 11.8 Å². The Bertz CT molecular complexity index is 786. The van der Waals surface area contributed by atoms with Crippen LogP contribution in [0.5, 0.6) is 0 Å². The van der Waals surface area contributed by atoms with E-state index in [0.717, 1.165) is 12.8 Å². The number of carbonyl (C=O) groups is 2. The van der Waals surface area contributed by atoms with Gasteiger partial charge in [0.1, 0.15) is 11.8 Å². The van der Waals surface area contributed by atoms with E-state index < -0.39 is 22.6 Å². The van der Waals surface area contributed by atoms with E-state index in [4.69, 9.17) is 4.74 Å². The van der Waals surface area contributed by atoms with Gasteiger partial charge in [-0.15, -0.1) is 0 Å². The third-order valence-corrected chi connectivity index (χ3v) is 5.83. The van der Waals surface area contributed by atoms with E-state index in [2.05, 4.69) is 12.2 Å². The molecule has 2 aliphatic rings. The van der Waals surface area contributed by atoms with Gasteiger partial charge in [-0.05, 0) is 43.6 Å². The summed E-state index contributed by atoms with van der Waals surface area (Å²) < 4.78 is 6.11. The van der Waals surface area contributed by atoms with Crippen LogP contribution in [-0.4, -0.2) is 46.6 Å². The Balaban J connectivity index is 1.92. The van der Waals surface area contributed by atoms with E-state index >= 15 is 0 Å². The molecule has 3 rings (SSSR count). The van der Waals surface area contributed by atoms with Crippen molar-refractivity contribution in [3.8, 4) is 0 Å². The zero-order chi connectivity index (χ0) is 21.2. The molecule has 0 unspecified atom stereocenters. The molecule has 1 aromatic carbocycles. The SMILES string of the molecule is CC(C)CNC(=O)[C@@H]1COC2(CCC(C)CC2)N1C(=O)c1cccc([N+](=O)[O-])c1. The van der Waals surface area contributed by atoms with Gasteiger partial charge >= 0.3 is 0 Å². The standard InChI is InChI=1S/C21H29N3O5/c1-14(2)12-22-19(25)18-13-29-21(9-7-15(3)8-10-21)23(18)20(26)16-5-4-6-17(11-16)24(27)28/h4-6,11,14-15,18H,7-10,12-13H2,1-3H3,(H,22,25)/t15?,18-,21?/m0/s1. The molecule has 1 spiro atoms. The summed E-state index contributed by atoms with van der Waals surface area (Å²) >= 11 is 0. The molecule has 0 bridgehead atoms. The molecule has 1 atom stereocenters. The number of non-ortho nitro benzene ring substituents is 1. The smallest absolute Gasteiger partial charge is 0.270 e. The lowest BCUT2D eigenvalue weighted by Crippen LogP contribution is -2.57. The number of hydrogen-bond donors (Lipinski definition) is 1. The van der Waals surface area contributed by atoms with Crippen LogP contribution < -0.4 is 5.32 Å². The van der Waals surface area contributed by atoms with Gasteiger partial charge in [0.05, 0.1) is 11.5 Å². The summed E-state index contributed by atoms with van der Waals surface area (Å²) in [5, 5.41) is 14.0. The highest BCUT2D eigenvalue weighted by Gasteiger charge is 2.53. The van der Waals surface area contributed by atoms with Crippen LogP contribution in [0.3, 0.4) is 0 Å². The molecule has 29 heavy (non-hydrogen) atoms. The Hall–Kier alpha value is -2.48. The Morgan fingerprint density at radius 3 is 2.66 bits per heavy atom. The molecule has 2 fully saturated rings. The number of nitrogens with zero attached hydrogens (tertiary/aromatic N) is 2. The number of ether oxygens (including phenoxy) is 1. The van der Waals surface area contributed by atoms with Crippen LogP contribution >= 0.6 is 0 Å². The van der Waals surface area contributed by atoms with Crippen LogP contribution in [0.15, 0.2) is 24.3 Å². The summed E-state index contributed by atoms with van der Waals surface area (Å²) in [5.74, 6) is 0.179. The molecular weight excluding hydrogens is 374 g/mol. The average molecular weight is 403 g/mol. The lowest BCUT2D eigenvalue weighted by atomic mass is 9.83. The number of hydrogen-bond acceptors (Lipinski definition) is 5. The van der Waals surface area contributed by atoms with Gasteiger partial charge in [0.2, 0.25) is 5.91 Å². The monoisotopic (exact) mass is 403 g/mol. The Morgan fingerprint density at radius 1 is 1.34 bits per heavy atom. The molecule has 0 radical (unpaired) electrons. The molecule has 1 aliphatic carbocycles. The fraction of sp³-hybridized carbons (Fsp3) is 0.619. The fourth-order valence-electron chi connectivity index (χ4n) is 4.09. The van der Waals surface area contributed by atoms with Crippen molar-refractivity contribution in [1.29, 1.82) is 0 Å². The molecular formula is C21H29N3O5. The van der Waals surface area contributed by atoms with Crippen LogP contribution in [0.25, 0.3) is 0 Å². The highest BCUT2D eigenvalue weighted by atomic mass is 16.6. The predicted octanol–water partition coefficient (Wildman–Crippen LogP) is 3.11. The highest BCUT2D eigenvalue weighted by Crippen LogP contribution is 2.43. The Labute approximate surface area is 170 Å². The molecule has 2 amide bonds. The molecule has 1 N–H and O–H groups in total. The van der Waals surface area contributed by atoms with Gasteiger partial charge < -0.3 is 10.1 Å². The average Bonchev–Trinajstić information content (AvgIpc) is 3.07. The van der Waals surface area contributed by atoms with E-state index in [1.54, 1.807) is 11.0 Å². The number of nitro groups is 1. The third-order valence-electron chi connectivity index (χ3n) is 5.83. The lowest BCUT2D eigenvalue weighted by Gasteiger charge is -2.43. The minimum atomic E-state index is -0.825. The van der Waals surface area contributed by atoms with Crippen molar-refractivity contribution in [3.63, 3.8) is 0 Å². The summed E-state index contributed by atoms with van der Waals surface area (Å²) in [6.07, 6.45) is 3.11. The van der Waals surface area contributed by atoms with Gasteiger partial charge in [0.15, 0.2) is 0 Å². The minimum Gasteiger partial charge on any atom is -0.354 e. The number of amides is 2. The van der Waals surface area contributed by atoms with Crippen molar-refractivity contribution < 1.29 is 19.2 Å². The molecule has 1 heterocycles. The molecule has 8 nitrogen and oxygen atoms in total. The molecule has 158 valence electrons. The van der Waals surface area contributed by atoms with E-state index in [9.17, 15) is 19.7 Å². The zero-order valence-electron chi connectivity index (χ0n) is 17.2. The maximum absolute atomic E-state index is 13.5. The molecule has 0 aromatic heterocycles. The molecule has 8 heteroatoms. The van der Waals surface area contributed by atoms with E-state index in [1.165, 1.54) is 18.2 Å². The Kier molecular flexibility index (Phi) is 6.21. The first kappa shape index (κ1) is 21.2. The zero-order valence-corrected chi connectivity index (χ0v) is 17.2. The highest BCUT2D eigenvalue weighted by molar-refractivity contribution is 5.99. The van der Waals surface area contributed by atoms with Gasteiger partial charge in [-0.25, -0.2) is 0 Å². The topological polar surface area (TPSA) is 102 Å². The van der Waals surface area contributed by atoms with Crippen molar-refractivity contribution in [2.45, 2.75) is 58.2 Å². The first-order chi connectivity index (χ1) is 13.7. The van der Waals surface area contributed by atoms with Gasteiger partial charge in [-0.2, -0.15) is 0 Å². The van der Waals surface area contributed by atoms with Crippen LogP contribution in [0.4, 0.5) is 5.69 Å². The summed E-state index contributed by atoms with van der Waals surface area (Å²) in [5.41, 5.74) is -0.777. The van der Waals surface area contributed by atoms with Gasteiger partial charge in [-0.3, -0.25) is 24.6 Å². The van der Waals surface area contributed by atoms with Crippen LogP contribution in [0.1, 0.15) is 56.8 Å². The Morgan fingerprint density at radius 2 is 2.03 bits per heavy atom.